The highest BCUT2D eigenvalue weighted by Crippen LogP contribution is 2.38. The van der Waals surface area contributed by atoms with Crippen LogP contribution in [-0.4, -0.2) is 17.7 Å². The summed E-state index contributed by atoms with van der Waals surface area (Å²) in [5.41, 5.74) is 2.27. The van der Waals surface area contributed by atoms with Crippen molar-refractivity contribution < 1.29 is 17.9 Å². The van der Waals surface area contributed by atoms with Gasteiger partial charge in [-0.3, -0.25) is 5.84 Å². The summed E-state index contributed by atoms with van der Waals surface area (Å²) < 4.78 is 43.5. The number of nitrogens with one attached hydrogen (secondary N) is 1. The zero-order chi connectivity index (χ0) is 15.6. The number of ether oxygens (including phenoxy) is 1. The Morgan fingerprint density at radius 1 is 1.40 bits per heavy atom. The Balaban J connectivity index is 3.08. The van der Waals surface area contributed by atoms with Gasteiger partial charge in [0.15, 0.2) is 5.01 Å². The van der Waals surface area contributed by atoms with Crippen molar-refractivity contribution in [3.63, 3.8) is 0 Å². The molecule has 2 atom stereocenters. The fourth-order valence-corrected chi connectivity index (χ4v) is 2.77. The van der Waals surface area contributed by atoms with Crippen molar-refractivity contribution in [3.8, 4) is 0 Å². The number of rotatable bonds is 5. The Hall–Kier alpha value is -0.700. The van der Waals surface area contributed by atoms with Crippen molar-refractivity contribution in [2.75, 3.05) is 6.61 Å². The van der Waals surface area contributed by atoms with Crippen LogP contribution in [0, 0.1) is 5.41 Å². The fourth-order valence-electron chi connectivity index (χ4n) is 1.91. The van der Waals surface area contributed by atoms with Crippen LogP contribution in [0.5, 0.6) is 0 Å². The van der Waals surface area contributed by atoms with Gasteiger partial charge in [0.1, 0.15) is 0 Å². The zero-order valence-electron chi connectivity index (χ0n) is 11.9. The Kier molecular flexibility index (Phi) is 5.54. The first-order valence-electron chi connectivity index (χ1n) is 6.22. The molecule has 0 aromatic carbocycles. The molecule has 0 aliphatic rings. The molecule has 8 heteroatoms. The Labute approximate surface area is 120 Å². The minimum Gasteiger partial charge on any atom is -0.376 e. The summed E-state index contributed by atoms with van der Waals surface area (Å²) in [7, 11) is 0. The molecule has 1 heterocycles. The lowest BCUT2D eigenvalue weighted by Crippen LogP contribution is -2.44. The second-order valence-corrected chi connectivity index (χ2v) is 6.51. The first-order valence-corrected chi connectivity index (χ1v) is 7.03. The van der Waals surface area contributed by atoms with E-state index in [1.807, 2.05) is 27.7 Å². The molecule has 0 radical (unpaired) electrons. The van der Waals surface area contributed by atoms with Crippen LogP contribution in [0.3, 0.4) is 0 Å². The summed E-state index contributed by atoms with van der Waals surface area (Å²) in [6, 6.07) is -0.538. The van der Waals surface area contributed by atoms with Gasteiger partial charge in [0.25, 0.3) is 0 Å². The molecule has 4 nitrogen and oxygen atoms in total. The van der Waals surface area contributed by atoms with Gasteiger partial charge in [-0.15, -0.1) is 11.3 Å². The van der Waals surface area contributed by atoms with Crippen LogP contribution in [0.15, 0.2) is 6.20 Å². The number of alkyl halides is 3. The van der Waals surface area contributed by atoms with Crippen LogP contribution in [0.1, 0.15) is 43.6 Å². The number of hydrogen-bond donors (Lipinski definition) is 2. The maximum absolute atomic E-state index is 12.6. The molecular formula is C12H20F3N3OS. The third-order valence-corrected chi connectivity index (χ3v) is 3.88. The van der Waals surface area contributed by atoms with Gasteiger partial charge in [-0.25, -0.2) is 10.4 Å². The molecule has 116 valence electrons. The topological polar surface area (TPSA) is 60.2 Å². The van der Waals surface area contributed by atoms with Gasteiger partial charge >= 0.3 is 6.18 Å². The van der Waals surface area contributed by atoms with Crippen LogP contribution >= 0.6 is 11.3 Å². The number of hydrogen-bond acceptors (Lipinski definition) is 5. The van der Waals surface area contributed by atoms with E-state index in [0.717, 1.165) is 0 Å². The number of aromatic nitrogens is 1. The first kappa shape index (κ1) is 17.4. The monoisotopic (exact) mass is 311 g/mol. The summed E-state index contributed by atoms with van der Waals surface area (Å²) >= 11 is 0.584. The summed E-state index contributed by atoms with van der Waals surface area (Å²) in [6.07, 6.45) is -3.60. The normalized spacial score (nSPS) is 16.2. The number of hydrazine groups is 1. The zero-order valence-corrected chi connectivity index (χ0v) is 12.7. The lowest BCUT2D eigenvalue weighted by atomic mass is 9.84. The fraction of sp³-hybridized carbons (Fsp3) is 0.750. The van der Waals surface area contributed by atoms with Crippen molar-refractivity contribution in [1.29, 1.82) is 0 Å². The van der Waals surface area contributed by atoms with Gasteiger partial charge < -0.3 is 4.74 Å². The van der Waals surface area contributed by atoms with Gasteiger partial charge in [-0.05, 0) is 12.3 Å². The van der Waals surface area contributed by atoms with E-state index < -0.39 is 17.2 Å². The molecule has 0 fully saturated rings. The van der Waals surface area contributed by atoms with Gasteiger partial charge in [-0.1, -0.05) is 20.8 Å². The summed E-state index contributed by atoms with van der Waals surface area (Å²) in [4.78, 5) is 3.83. The molecule has 0 spiro atoms. The molecule has 1 aromatic heterocycles. The molecular weight excluding hydrogens is 291 g/mol. The minimum absolute atomic E-state index is 0.282. The molecule has 1 rings (SSSR count). The molecule has 3 N–H and O–H groups in total. The highest BCUT2D eigenvalue weighted by Gasteiger charge is 2.38. The molecule has 0 saturated carbocycles. The average Bonchev–Trinajstić information content (AvgIpc) is 2.76. The second-order valence-electron chi connectivity index (χ2n) is 5.45. The van der Waals surface area contributed by atoms with Crippen molar-refractivity contribution in [2.24, 2.45) is 11.3 Å². The van der Waals surface area contributed by atoms with Gasteiger partial charge in [-0.2, -0.15) is 13.2 Å². The van der Waals surface area contributed by atoms with Crippen LogP contribution in [0.4, 0.5) is 13.2 Å². The van der Waals surface area contributed by atoms with E-state index in [9.17, 15) is 13.2 Å². The molecule has 0 saturated heterocycles. The summed E-state index contributed by atoms with van der Waals surface area (Å²) in [5, 5.41) is -0.878. The molecule has 0 bridgehead atoms. The van der Waals surface area contributed by atoms with Crippen LogP contribution in [0.25, 0.3) is 0 Å². The quantitative estimate of drug-likeness (QED) is 0.648. The average molecular weight is 311 g/mol. The van der Waals surface area contributed by atoms with Crippen molar-refractivity contribution >= 4 is 11.3 Å². The van der Waals surface area contributed by atoms with Crippen LogP contribution in [-0.2, 0) is 10.9 Å². The van der Waals surface area contributed by atoms with Crippen molar-refractivity contribution in [2.45, 2.75) is 46.0 Å². The van der Waals surface area contributed by atoms with Gasteiger partial charge in [0.2, 0.25) is 0 Å². The largest absolute Gasteiger partial charge is 0.443 e. The highest BCUT2D eigenvalue weighted by atomic mass is 32.1. The van der Waals surface area contributed by atoms with E-state index in [0.29, 0.717) is 22.8 Å². The van der Waals surface area contributed by atoms with Crippen molar-refractivity contribution in [3.05, 3.63) is 16.1 Å². The molecule has 0 aliphatic carbocycles. The lowest BCUT2D eigenvalue weighted by Gasteiger charge is -2.35. The van der Waals surface area contributed by atoms with Crippen LogP contribution in [0.2, 0.25) is 0 Å². The number of halogens is 3. The second kappa shape index (κ2) is 6.38. The Morgan fingerprint density at radius 2 is 2.00 bits per heavy atom. The Bertz CT molecular complexity index is 428. The standard InChI is InChI=1S/C12H20F3N3OS/c1-5-19-9(11(2,3)4)8(18-16)7-6-17-10(20-7)12(13,14)15/h6,8-9,18H,5,16H2,1-4H3. The maximum atomic E-state index is 12.6. The number of nitrogens with zero attached hydrogens (tertiary/aromatic N) is 1. The van der Waals surface area contributed by atoms with Gasteiger partial charge in [0, 0.05) is 17.7 Å². The number of thiazole rings is 1. The van der Waals surface area contributed by atoms with Gasteiger partial charge in [0.05, 0.1) is 12.1 Å². The van der Waals surface area contributed by atoms with Crippen molar-refractivity contribution in [1.82, 2.24) is 10.4 Å². The molecule has 0 aliphatic heterocycles. The maximum Gasteiger partial charge on any atom is 0.443 e. The van der Waals surface area contributed by atoms with Crippen LogP contribution < -0.4 is 11.3 Å². The van der Waals surface area contributed by atoms with E-state index in [1.54, 1.807) is 0 Å². The van der Waals surface area contributed by atoms with E-state index in [1.165, 1.54) is 6.20 Å². The molecule has 20 heavy (non-hydrogen) atoms. The highest BCUT2D eigenvalue weighted by molar-refractivity contribution is 7.11. The molecule has 0 amide bonds. The first-order chi connectivity index (χ1) is 9.11. The van der Waals surface area contributed by atoms with E-state index >= 15 is 0 Å². The Morgan fingerprint density at radius 3 is 2.35 bits per heavy atom. The third-order valence-electron chi connectivity index (χ3n) is 2.75. The molecule has 2 unspecified atom stereocenters. The summed E-state index contributed by atoms with van der Waals surface area (Å²) in [5.74, 6) is 5.52. The smallest absolute Gasteiger partial charge is 0.376 e. The molecule has 1 aromatic rings. The van der Waals surface area contributed by atoms with E-state index in [2.05, 4.69) is 10.4 Å². The van der Waals surface area contributed by atoms with E-state index in [4.69, 9.17) is 10.6 Å². The SMILES string of the molecule is CCOC(C(NN)c1cnc(C(F)(F)F)s1)C(C)(C)C. The summed E-state index contributed by atoms with van der Waals surface area (Å²) in [6.45, 7) is 8.13. The minimum atomic E-state index is -4.44. The third kappa shape index (κ3) is 4.15. The number of nitrogens with two attached hydrogens (primary N) is 1. The predicted octanol–water partition coefficient (Wildman–Crippen LogP) is 3.12. The van der Waals surface area contributed by atoms with E-state index in [-0.39, 0.29) is 11.5 Å². The predicted molar refractivity (Wildman–Crippen MR) is 72.0 cm³/mol. The lowest BCUT2D eigenvalue weighted by molar-refractivity contribution is -0.137.